The third-order valence-corrected chi connectivity index (χ3v) is 6.37. The van der Waals surface area contributed by atoms with Gasteiger partial charge in [0.05, 0.1) is 13.7 Å². The monoisotopic (exact) mass is 498 g/mol. The molecule has 0 radical (unpaired) electrons. The van der Waals surface area contributed by atoms with Gasteiger partial charge in [-0.2, -0.15) is 0 Å². The summed E-state index contributed by atoms with van der Waals surface area (Å²) in [7, 11) is 1.67. The number of benzene rings is 2. The molecule has 1 N–H and O–H groups in total. The van der Waals surface area contributed by atoms with E-state index in [9.17, 15) is 4.79 Å². The minimum atomic E-state index is -0.224. The van der Waals surface area contributed by atoms with Gasteiger partial charge in [0, 0.05) is 38.8 Å². The fourth-order valence-electron chi connectivity index (χ4n) is 4.39. The van der Waals surface area contributed by atoms with E-state index >= 15 is 0 Å². The molecule has 1 aliphatic heterocycles. The van der Waals surface area contributed by atoms with Crippen LogP contribution in [0.1, 0.15) is 33.3 Å². The van der Waals surface area contributed by atoms with Gasteiger partial charge >= 0.3 is 0 Å². The molecule has 1 amide bonds. The largest absolute Gasteiger partial charge is 0.493 e. The van der Waals surface area contributed by atoms with Gasteiger partial charge in [0.25, 0.3) is 5.91 Å². The lowest BCUT2D eigenvalue weighted by Crippen LogP contribution is -2.28. The Morgan fingerprint density at radius 1 is 0.946 bits per heavy atom. The number of amides is 1. The topological polar surface area (TPSA) is 94.4 Å². The average molecular weight is 499 g/mol. The average Bonchev–Trinajstić information content (AvgIpc) is 3.23. The van der Waals surface area contributed by atoms with Crippen molar-refractivity contribution in [2.45, 2.75) is 32.7 Å². The number of carbonyl (C=O) groups excluding carboxylic acids is 1. The van der Waals surface area contributed by atoms with Crippen molar-refractivity contribution in [2.75, 3.05) is 20.2 Å². The summed E-state index contributed by atoms with van der Waals surface area (Å²) in [6, 6.07) is 21.5. The van der Waals surface area contributed by atoms with Crippen LogP contribution >= 0.6 is 0 Å². The maximum atomic E-state index is 12.4. The van der Waals surface area contributed by atoms with E-state index in [0.717, 1.165) is 66.9 Å². The van der Waals surface area contributed by atoms with E-state index in [1.165, 1.54) is 0 Å². The molecule has 5 rings (SSSR count). The van der Waals surface area contributed by atoms with E-state index in [2.05, 4.69) is 36.0 Å². The number of hydrogen-bond donors (Lipinski definition) is 1. The van der Waals surface area contributed by atoms with E-state index < -0.39 is 0 Å². The third-order valence-electron chi connectivity index (χ3n) is 6.37. The molecule has 9 heteroatoms. The first-order valence-electron chi connectivity index (χ1n) is 12.4. The van der Waals surface area contributed by atoms with Crippen LogP contribution in [0.3, 0.4) is 0 Å². The number of hydrogen-bond acceptors (Lipinski definition) is 7. The molecule has 0 saturated heterocycles. The van der Waals surface area contributed by atoms with Crippen LogP contribution in [0.2, 0.25) is 0 Å². The maximum absolute atomic E-state index is 12.4. The molecule has 0 bridgehead atoms. The van der Waals surface area contributed by atoms with E-state index in [1.807, 2.05) is 42.5 Å². The second kappa shape index (κ2) is 11.7. The van der Waals surface area contributed by atoms with Gasteiger partial charge in [0.15, 0.2) is 17.3 Å². The van der Waals surface area contributed by atoms with Crippen LogP contribution in [0, 0.1) is 0 Å². The van der Waals surface area contributed by atoms with Crippen molar-refractivity contribution < 1.29 is 14.3 Å². The molecule has 0 spiro atoms. The zero-order chi connectivity index (χ0) is 25.5. The zero-order valence-electron chi connectivity index (χ0n) is 20.8. The van der Waals surface area contributed by atoms with E-state index in [-0.39, 0.29) is 5.91 Å². The summed E-state index contributed by atoms with van der Waals surface area (Å²) >= 11 is 0. The predicted molar refractivity (Wildman–Crippen MR) is 138 cm³/mol. The molecule has 0 atom stereocenters. The number of methoxy groups -OCH3 is 1. The highest BCUT2D eigenvalue weighted by molar-refractivity contribution is 5.92. The van der Waals surface area contributed by atoms with Crippen molar-refractivity contribution in [1.29, 1.82) is 0 Å². The molecule has 37 heavy (non-hydrogen) atoms. The number of nitrogens with one attached hydrogen (secondary N) is 1. The second-order valence-electron chi connectivity index (χ2n) is 8.87. The summed E-state index contributed by atoms with van der Waals surface area (Å²) in [5, 5.41) is 11.6. The SMILES string of the molecule is COc1cc(CN2CCc3nnc(CNC(=O)c4ccccn4)n3CC2)ccc1OCc1ccccc1. The molecule has 2 aromatic carbocycles. The molecule has 4 aromatic rings. The van der Waals surface area contributed by atoms with E-state index in [0.29, 0.717) is 18.8 Å². The number of pyridine rings is 1. The van der Waals surface area contributed by atoms with E-state index in [4.69, 9.17) is 9.47 Å². The first kappa shape index (κ1) is 24.5. The molecule has 1 aliphatic rings. The standard InChI is InChI=1S/C28H30N6O3/c1-36-25-17-22(10-11-24(25)37-20-21-7-3-2-4-8-21)19-33-14-12-26-31-32-27(34(26)16-15-33)18-30-28(35)23-9-5-6-13-29-23/h2-11,13,17H,12,14-16,18-20H2,1H3,(H,30,35). The third kappa shape index (κ3) is 6.13. The smallest absolute Gasteiger partial charge is 0.270 e. The number of ether oxygens (including phenoxy) is 2. The van der Waals surface area contributed by atoms with Crippen LogP contribution in [0.4, 0.5) is 0 Å². The zero-order valence-corrected chi connectivity index (χ0v) is 20.8. The van der Waals surface area contributed by atoms with Crippen LogP contribution in [-0.4, -0.2) is 50.8 Å². The number of rotatable bonds is 9. The highest BCUT2D eigenvalue weighted by Gasteiger charge is 2.20. The Morgan fingerprint density at radius 2 is 1.81 bits per heavy atom. The molecule has 2 aromatic heterocycles. The van der Waals surface area contributed by atoms with Crippen molar-refractivity contribution in [1.82, 2.24) is 30.0 Å². The molecular formula is C28H30N6O3. The molecule has 0 fully saturated rings. The van der Waals surface area contributed by atoms with Gasteiger partial charge in [-0.05, 0) is 35.4 Å². The van der Waals surface area contributed by atoms with Crippen molar-refractivity contribution in [2.24, 2.45) is 0 Å². The van der Waals surface area contributed by atoms with Crippen LogP contribution in [0.5, 0.6) is 11.5 Å². The Kier molecular flexibility index (Phi) is 7.71. The van der Waals surface area contributed by atoms with Gasteiger partial charge < -0.3 is 19.4 Å². The minimum absolute atomic E-state index is 0.224. The fraction of sp³-hybridized carbons (Fsp3) is 0.286. The number of nitrogens with zero attached hydrogens (tertiary/aromatic N) is 5. The second-order valence-corrected chi connectivity index (χ2v) is 8.87. The van der Waals surface area contributed by atoms with Gasteiger partial charge in [0.2, 0.25) is 0 Å². The maximum Gasteiger partial charge on any atom is 0.270 e. The van der Waals surface area contributed by atoms with Crippen LogP contribution in [0.25, 0.3) is 0 Å². The Labute approximate surface area is 216 Å². The minimum Gasteiger partial charge on any atom is -0.493 e. The first-order valence-corrected chi connectivity index (χ1v) is 12.4. The summed E-state index contributed by atoms with van der Waals surface area (Å²) in [6.07, 6.45) is 2.39. The Bertz CT molecular complexity index is 1330. The van der Waals surface area contributed by atoms with Crippen LogP contribution in [0.15, 0.2) is 72.9 Å². The van der Waals surface area contributed by atoms with Crippen molar-refractivity contribution in [3.05, 3.63) is 101 Å². The van der Waals surface area contributed by atoms with Crippen LogP contribution < -0.4 is 14.8 Å². The lowest BCUT2D eigenvalue weighted by molar-refractivity contribution is 0.0944. The molecule has 9 nitrogen and oxygen atoms in total. The number of aromatic nitrogens is 4. The lowest BCUT2D eigenvalue weighted by Gasteiger charge is -2.20. The molecule has 3 heterocycles. The highest BCUT2D eigenvalue weighted by Crippen LogP contribution is 2.29. The quantitative estimate of drug-likeness (QED) is 0.379. The van der Waals surface area contributed by atoms with Gasteiger partial charge in [0.1, 0.15) is 18.1 Å². The predicted octanol–water partition coefficient (Wildman–Crippen LogP) is 3.25. The fourth-order valence-corrected chi connectivity index (χ4v) is 4.39. The van der Waals surface area contributed by atoms with Gasteiger partial charge in [-0.25, -0.2) is 0 Å². The molecule has 0 aliphatic carbocycles. The number of carbonyl (C=O) groups is 1. The van der Waals surface area contributed by atoms with Crippen molar-refractivity contribution >= 4 is 5.91 Å². The summed E-state index contributed by atoms with van der Waals surface area (Å²) in [6.45, 7) is 4.07. The summed E-state index contributed by atoms with van der Waals surface area (Å²) in [4.78, 5) is 18.8. The normalized spacial score (nSPS) is 13.4. The molecular weight excluding hydrogens is 468 g/mol. The summed E-state index contributed by atoms with van der Waals surface area (Å²) in [5.74, 6) is 2.92. The van der Waals surface area contributed by atoms with Gasteiger partial charge in [-0.3, -0.25) is 14.7 Å². The summed E-state index contributed by atoms with van der Waals surface area (Å²) < 4.78 is 13.7. The molecule has 0 unspecified atom stereocenters. The highest BCUT2D eigenvalue weighted by atomic mass is 16.5. The van der Waals surface area contributed by atoms with Gasteiger partial charge in [-0.15, -0.1) is 10.2 Å². The first-order chi connectivity index (χ1) is 18.2. The van der Waals surface area contributed by atoms with E-state index in [1.54, 1.807) is 31.5 Å². The molecule has 0 saturated carbocycles. The lowest BCUT2D eigenvalue weighted by atomic mass is 10.1. The number of fused-ring (bicyclic) bond motifs is 1. The Morgan fingerprint density at radius 3 is 2.62 bits per heavy atom. The Balaban J connectivity index is 1.17. The van der Waals surface area contributed by atoms with Crippen molar-refractivity contribution in [3.63, 3.8) is 0 Å². The summed E-state index contributed by atoms with van der Waals surface area (Å²) in [5.41, 5.74) is 2.65. The van der Waals surface area contributed by atoms with Gasteiger partial charge in [-0.1, -0.05) is 42.5 Å². The van der Waals surface area contributed by atoms with Crippen LogP contribution in [-0.2, 0) is 32.7 Å². The Hall–Kier alpha value is -4.24. The van der Waals surface area contributed by atoms with Crippen molar-refractivity contribution in [3.8, 4) is 11.5 Å². The molecule has 190 valence electrons.